The lowest BCUT2D eigenvalue weighted by Crippen LogP contribution is -2.19. The van der Waals surface area contributed by atoms with Gasteiger partial charge in [-0.25, -0.2) is 0 Å². The molecule has 2 rings (SSSR count). The molecule has 0 spiro atoms. The predicted octanol–water partition coefficient (Wildman–Crippen LogP) is 1.55. The maximum Gasteiger partial charge on any atom is 0.392 e. The van der Waals surface area contributed by atoms with Crippen molar-refractivity contribution in [2.24, 2.45) is 11.8 Å². The van der Waals surface area contributed by atoms with Gasteiger partial charge in [0.05, 0.1) is 23.7 Å². The number of rotatable bonds is 2. The Morgan fingerprint density at radius 3 is 2.80 bits per heavy atom. The second-order valence-electron chi connectivity index (χ2n) is 3.47. The van der Waals surface area contributed by atoms with E-state index in [-0.39, 0.29) is 6.42 Å². The summed E-state index contributed by atoms with van der Waals surface area (Å²) in [7, 11) is 0. The van der Waals surface area contributed by atoms with Gasteiger partial charge in [0, 0.05) is 6.20 Å². The van der Waals surface area contributed by atoms with Gasteiger partial charge < -0.3 is 5.32 Å². The topological polar surface area (TPSA) is 57.8 Å². The van der Waals surface area contributed by atoms with Crippen LogP contribution in [-0.4, -0.2) is 22.3 Å². The van der Waals surface area contributed by atoms with Crippen molar-refractivity contribution in [3.8, 4) is 0 Å². The summed E-state index contributed by atoms with van der Waals surface area (Å²) in [5.74, 6) is -3.02. The molecule has 1 aliphatic carbocycles. The maximum absolute atomic E-state index is 12.1. The van der Waals surface area contributed by atoms with E-state index in [1.165, 1.54) is 12.4 Å². The molecule has 1 fully saturated rings. The highest BCUT2D eigenvalue weighted by molar-refractivity contribution is 5.94. The zero-order chi connectivity index (χ0) is 11.1. The van der Waals surface area contributed by atoms with Crippen LogP contribution in [0, 0.1) is 11.8 Å². The van der Waals surface area contributed by atoms with Crippen LogP contribution in [0.1, 0.15) is 6.42 Å². The molecule has 1 saturated carbocycles. The lowest BCUT2D eigenvalue weighted by molar-refractivity contribution is -0.153. The fraction of sp³-hybridized carbons (Fsp3) is 0.500. The summed E-state index contributed by atoms with van der Waals surface area (Å²) >= 11 is 0. The van der Waals surface area contributed by atoms with E-state index in [9.17, 15) is 18.0 Å². The molecule has 0 aromatic carbocycles. The van der Waals surface area contributed by atoms with Gasteiger partial charge in [-0.1, -0.05) is 0 Å². The lowest BCUT2D eigenvalue weighted by atomic mass is 10.3. The number of anilines is 1. The van der Waals surface area contributed by atoms with Crippen LogP contribution in [0.15, 0.2) is 12.4 Å². The standard InChI is InChI=1S/C8H8F3N3O/c9-8(10,11)6-1-5(6)7(15)14-4-2-12-13-3-4/h2-3,5-6H,1H2,(H,12,13)(H,14,15)/t5-,6-/m1/s1. The third-order valence-electron chi connectivity index (χ3n) is 2.31. The van der Waals surface area contributed by atoms with Crippen LogP contribution in [0.25, 0.3) is 0 Å². The molecule has 82 valence electrons. The number of H-pyrrole nitrogens is 1. The molecule has 4 nitrogen and oxygen atoms in total. The molecule has 1 heterocycles. The summed E-state index contributed by atoms with van der Waals surface area (Å²) in [4.78, 5) is 11.3. The van der Waals surface area contributed by atoms with E-state index in [1.807, 2.05) is 0 Å². The second kappa shape index (κ2) is 3.25. The highest BCUT2D eigenvalue weighted by Gasteiger charge is 2.58. The Morgan fingerprint density at radius 2 is 2.33 bits per heavy atom. The van der Waals surface area contributed by atoms with Gasteiger partial charge in [-0.05, 0) is 6.42 Å². The first-order valence-corrected chi connectivity index (χ1v) is 4.35. The van der Waals surface area contributed by atoms with Gasteiger partial charge in [-0.15, -0.1) is 0 Å². The van der Waals surface area contributed by atoms with E-state index in [2.05, 4.69) is 15.5 Å². The molecule has 1 aromatic rings. The predicted molar refractivity (Wildman–Crippen MR) is 44.9 cm³/mol. The van der Waals surface area contributed by atoms with Crippen LogP contribution in [0.4, 0.5) is 18.9 Å². The van der Waals surface area contributed by atoms with Crippen LogP contribution in [0.5, 0.6) is 0 Å². The Bertz CT molecular complexity index is 360. The number of halogens is 3. The minimum atomic E-state index is -4.27. The number of nitrogens with one attached hydrogen (secondary N) is 2. The van der Waals surface area contributed by atoms with E-state index >= 15 is 0 Å². The number of nitrogens with zero attached hydrogens (tertiary/aromatic N) is 1. The Hall–Kier alpha value is -1.53. The van der Waals surface area contributed by atoms with Gasteiger partial charge in [0.25, 0.3) is 0 Å². The molecule has 2 N–H and O–H groups in total. The first kappa shape index (κ1) is 10.0. The zero-order valence-corrected chi connectivity index (χ0v) is 7.51. The second-order valence-corrected chi connectivity index (χ2v) is 3.47. The number of hydrogen-bond donors (Lipinski definition) is 2. The van der Waals surface area contributed by atoms with Gasteiger partial charge in [-0.3, -0.25) is 9.89 Å². The van der Waals surface area contributed by atoms with E-state index in [0.29, 0.717) is 5.69 Å². The zero-order valence-electron chi connectivity index (χ0n) is 7.51. The van der Waals surface area contributed by atoms with Crippen molar-refractivity contribution in [3.05, 3.63) is 12.4 Å². The molecular formula is C8H8F3N3O. The molecule has 0 aliphatic heterocycles. The van der Waals surface area contributed by atoms with Gasteiger partial charge in [0.15, 0.2) is 0 Å². The highest BCUT2D eigenvalue weighted by atomic mass is 19.4. The fourth-order valence-electron chi connectivity index (χ4n) is 1.40. The quantitative estimate of drug-likeness (QED) is 0.792. The van der Waals surface area contributed by atoms with Gasteiger partial charge >= 0.3 is 6.18 Å². The van der Waals surface area contributed by atoms with E-state index < -0.39 is 23.9 Å². The number of aromatic nitrogens is 2. The number of carbonyl (C=O) groups excluding carboxylic acids is 1. The SMILES string of the molecule is O=C(Nc1cn[nH]c1)[C@@H]1C[C@H]1C(F)(F)F. The number of aromatic amines is 1. The Labute approximate surface area is 82.9 Å². The molecule has 1 aromatic heterocycles. The van der Waals surface area contributed by atoms with Crippen LogP contribution in [-0.2, 0) is 4.79 Å². The number of alkyl halides is 3. The average molecular weight is 219 g/mol. The minimum absolute atomic E-state index is 0.118. The summed E-state index contributed by atoms with van der Waals surface area (Å²) in [6, 6.07) is 0. The summed E-state index contributed by atoms with van der Waals surface area (Å²) in [6.07, 6.45) is -1.64. The summed E-state index contributed by atoms with van der Waals surface area (Å²) in [5, 5.41) is 8.36. The molecular weight excluding hydrogens is 211 g/mol. The Balaban J connectivity index is 1.90. The molecule has 15 heavy (non-hydrogen) atoms. The van der Waals surface area contributed by atoms with Crippen LogP contribution in [0.2, 0.25) is 0 Å². The van der Waals surface area contributed by atoms with Gasteiger partial charge in [-0.2, -0.15) is 18.3 Å². The molecule has 2 atom stereocenters. The van der Waals surface area contributed by atoms with Gasteiger partial charge in [0.2, 0.25) is 5.91 Å². The van der Waals surface area contributed by atoms with E-state index in [4.69, 9.17) is 0 Å². The van der Waals surface area contributed by atoms with Crippen molar-refractivity contribution in [1.82, 2.24) is 10.2 Å². The lowest BCUT2D eigenvalue weighted by Gasteiger charge is -2.04. The molecule has 1 amide bonds. The normalized spacial score (nSPS) is 25.0. The minimum Gasteiger partial charge on any atom is -0.323 e. The van der Waals surface area contributed by atoms with Crippen molar-refractivity contribution in [2.45, 2.75) is 12.6 Å². The Kier molecular flexibility index (Phi) is 2.17. The molecule has 7 heteroatoms. The van der Waals surface area contributed by atoms with Crippen molar-refractivity contribution in [1.29, 1.82) is 0 Å². The third-order valence-corrected chi connectivity index (χ3v) is 2.31. The fourth-order valence-corrected chi connectivity index (χ4v) is 1.40. The molecule has 0 radical (unpaired) electrons. The maximum atomic E-state index is 12.1. The first-order valence-electron chi connectivity index (χ1n) is 4.35. The van der Waals surface area contributed by atoms with E-state index in [1.54, 1.807) is 0 Å². The summed E-state index contributed by atoms with van der Waals surface area (Å²) in [5.41, 5.74) is 0.382. The van der Waals surface area contributed by atoms with Crippen LogP contribution < -0.4 is 5.32 Å². The first-order chi connectivity index (χ1) is 6.98. The summed E-state index contributed by atoms with van der Waals surface area (Å²) < 4.78 is 36.4. The largest absolute Gasteiger partial charge is 0.392 e. The number of hydrogen-bond acceptors (Lipinski definition) is 2. The monoisotopic (exact) mass is 219 g/mol. The molecule has 1 aliphatic rings. The molecule has 0 saturated heterocycles. The van der Waals surface area contributed by atoms with Crippen molar-refractivity contribution in [3.63, 3.8) is 0 Å². The van der Waals surface area contributed by atoms with Crippen LogP contribution in [0.3, 0.4) is 0 Å². The van der Waals surface area contributed by atoms with E-state index in [0.717, 1.165) is 0 Å². The average Bonchev–Trinajstić information content (AvgIpc) is 2.80. The Morgan fingerprint density at radius 1 is 1.60 bits per heavy atom. The van der Waals surface area contributed by atoms with Gasteiger partial charge in [0.1, 0.15) is 0 Å². The third kappa shape index (κ3) is 2.11. The molecule has 0 bridgehead atoms. The number of amides is 1. The summed E-state index contributed by atoms with van der Waals surface area (Å²) in [6.45, 7) is 0. The highest BCUT2D eigenvalue weighted by Crippen LogP contribution is 2.50. The number of carbonyl (C=O) groups is 1. The smallest absolute Gasteiger partial charge is 0.323 e. The van der Waals surface area contributed by atoms with Crippen molar-refractivity contribution >= 4 is 11.6 Å². The van der Waals surface area contributed by atoms with Crippen molar-refractivity contribution in [2.75, 3.05) is 5.32 Å². The van der Waals surface area contributed by atoms with Crippen molar-refractivity contribution < 1.29 is 18.0 Å². The molecule has 0 unspecified atom stereocenters. The van der Waals surface area contributed by atoms with Crippen LogP contribution >= 0.6 is 0 Å².